The van der Waals surface area contributed by atoms with Crippen molar-refractivity contribution in [2.75, 3.05) is 18.0 Å². The highest BCUT2D eigenvalue weighted by Gasteiger charge is 2.18. The van der Waals surface area contributed by atoms with Gasteiger partial charge in [-0.2, -0.15) is 0 Å². The van der Waals surface area contributed by atoms with E-state index in [0.29, 0.717) is 31.5 Å². The average molecular weight is 519 g/mol. The summed E-state index contributed by atoms with van der Waals surface area (Å²) in [5.41, 5.74) is 3.31. The van der Waals surface area contributed by atoms with E-state index in [9.17, 15) is 9.59 Å². The van der Waals surface area contributed by atoms with Gasteiger partial charge in [0, 0.05) is 35.2 Å². The fourth-order valence-corrected chi connectivity index (χ4v) is 4.40. The summed E-state index contributed by atoms with van der Waals surface area (Å²) >= 11 is 3.40. The van der Waals surface area contributed by atoms with Gasteiger partial charge in [-0.25, -0.2) is 4.98 Å². The molecular formula is C27H27BrN4O2. The highest BCUT2D eigenvalue weighted by Crippen LogP contribution is 2.20. The lowest BCUT2D eigenvalue weighted by Crippen LogP contribution is -2.34. The van der Waals surface area contributed by atoms with Crippen molar-refractivity contribution in [2.24, 2.45) is 0 Å². The van der Waals surface area contributed by atoms with Crippen LogP contribution in [-0.4, -0.2) is 34.5 Å². The van der Waals surface area contributed by atoms with Crippen molar-refractivity contribution in [1.29, 1.82) is 0 Å². The van der Waals surface area contributed by atoms with Crippen molar-refractivity contribution in [2.45, 2.75) is 26.3 Å². The number of para-hydroxylation sites is 3. The van der Waals surface area contributed by atoms with Crippen molar-refractivity contribution in [3.63, 3.8) is 0 Å². The molecule has 0 aliphatic carbocycles. The maximum atomic E-state index is 13.3. The van der Waals surface area contributed by atoms with Crippen LogP contribution in [0.25, 0.3) is 11.0 Å². The van der Waals surface area contributed by atoms with Crippen LogP contribution >= 0.6 is 15.9 Å². The van der Waals surface area contributed by atoms with E-state index in [4.69, 9.17) is 4.98 Å². The van der Waals surface area contributed by atoms with Gasteiger partial charge < -0.3 is 14.8 Å². The highest BCUT2D eigenvalue weighted by atomic mass is 79.9. The number of amides is 2. The molecule has 0 aliphatic heterocycles. The van der Waals surface area contributed by atoms with Crippen LogP contribution in [0.1, 0.15) is 29.5 Å². The number of likely N-dealkylation sites (N-methyl/N-ethyl adjacent to an activating group) is 1. The Kier molecular flexibility index (Phi) is 7.75. The summed E-state index contributed by atoms with van der Waals surface area (Å²) in [6.07, 6.45) is 1.37. The molecule has 0 radical (unpaired) electrons. The van der Waals surface area contributed by atoms with Crippen LogP contribution in [0.3, 0.4) is 0 Å². The Morgan fingerprint density at radius 2 is 1.76 bits per heavy atom. The smallest absolute Gasteiger partial charge is 0.251 e. The first-order valence-electron chi connectivity index (χ1n) is 11.4. The van der Waals surface area contributed by atoms with Crippen LogP contribution in [0.15, 0.2) is 83.3 Å². The molecule has 0 atom stereocenters. The molecule has 6 nitrogen and oxygen atoms in total. The first-order valence-corrected chi connectivity index (χ1v) is 12.2. The Bertz CT molecular complexity index is 1290. The zero-order valence-corrected chi connectivity index (χ0v) is 20.7. The third-order valence-corrected chi connectivity index (χ3v) is 6.15. The number of nitrogens with zero attached hydrogens (tertiary/aromatic N) is 3. The Balaban J connectivity index is 1.46. The molecule has 174 valence electrons. The molecule has 0 saturated carbocycles. The maximum absolute atomic E-state index is 13.3. The molecule has 1 heterocycles. The SMILES string of the molecule is CCN(C(=O)Cn1c(CCCNC(=O)c2cccc(Br)c2)nc2ccccc21)c1ccccc1. The third-order valence-electron chi connectivity index (χ3n) is 5.66. The van der Waals surface area contributed by atoms with E-state index in [2.05, 4.69) is 21.2 Å². The predicted molar refractivity (Wildman–Crippen MR) is 139 cm³/mol. The minimum Gasteiger partial charge on any atom is -0.352 e. The summed E-state index contributed by atoms with van der Waals surface area (Å²) in [6.45, 7) is 3.30. The van der Waals surface area contributed by atoms with Gasteiger partial charge in [-0.15, -0.1) is 0 Å². The Hall–Kier alpha value is -3.45. The molecule has 2 amide bonds. The summed E-state index contributed by atoms with van der Waals surface area (Å²) in [7, 11) is 0. The van der Waals surface area contributed by atoms with Crippen molar-refractivity contribution in [3.05, 3.63) is 94.7 Å². The normalized spacial score (nSPS) is 10.9. The Morgan fingerprint density at radius 1 is 1.00 bits per heavy atom. The van der Waals surface area contributed by atoms with Gasteiger partial charge in [0.25, 0.3) is 5.91 Å². The number of carbonyl (C=O) groups excluding carboxylic acids is 2. The Labute approximate surface area is 207 Å². The molecule has 0 spiro atoms. The largest absolute Gasteiger partial charge is 0.352 e. The number of imidazole rings is 1. The van der Waals surface area contributed by atoms with E-state index in [0.717, 1.165) is 27.0 Å². The van der Waals surface area contributed by atoms with E-state index in [1.165, 1.54) is 0 Å². The minimum atomic E-state index is -0.105. The van der Waals surface area contributed by atoms with E-state index < -0.39 is 0 Å². The Morgan fingerprint density at radius 3 is 2.53 bits per heavy atom. The summed E-state index contributed by atoms with van der Waals surface area (Å²) in [6, 6.07) is 24.9. The summed E-state index contributed by atoms with van der Waals surface area (Å²) in [5, 5.41) is 2.97. The first kappa shape index (κ1) is 23.7. The van der Waals surface area contributed by atoms with Gasteiger partial charge in [0.05, 0.1) is 11.0 Å². The molecule has 34 heavy (non-hydrogen) atoms. The lowest BCUT2D eigenvalue weighted by atomic mass is 10.2. The quantitative estimate of drug-likeness (QED) is 0.309. The van der Waals surface area contributed by atoms with Gasteiger partial charge in [-0.3, -0.25) is 9.59 Å². The van der Waals surface area contributed by atoms with E-state index >= 15 is 0 Å². The molecule has 0 bridgehead atoms. The van der Waals surface area contributed by atoms with Crippen LogP contribution in [-0.2, 0) is 17.8 Å². The van der Waals surface area contributed by atoms with E-state index in [1.807, 2.05) is 78.2 Å². The number of carbonyl (C=O) groups is 2. The zero-order valence-electron chi connectivity index (χ0n) is 19.1. The number of aryl methyl sites for hydroxylation is 1. The minimum absolute atomic E-state index is 0.0149. The van der Waals surface area contributed by atoms with Gasteiger partial charge in [-0.1, -0.05) is 52.3 Å². The van der Waals surface area contributed by atoms with Crippen LogP contribution in [0.2, 0.25) is 0 Å². The molecule has 7 heteroatoms. The van der Waals surface area contributed by atoms with Gasteiger partial charge in [0.15, 0.2) is 0 Å². The molecule has 1 aromatic heterocycles. The number of hydrogen-bond donors (Lipinski definition) is 1. The van der Waals surface area contributed by atoms with Gasteiger partial charge in [-0.05, 0) is 55.8 Å². The first-order chi connectivity index (χ1) is 16.6. The molecular weight excluding hydrogens is 492 g/mol. The van der Waals surface area contributed by atoms with Crippen LogP contribution in [0.4, 0.5) is 5.69 Å². The average Bonchev–Trinajstić information content (AvgIpc) is 3.20. The molecule has 0 saturated heterocycles. The van der Waals surface area contributed by atoms with Crippen molar-refractivity contribution in [3.8, 4) is 0 Å². The van der Waals surface area contributed by atoms with Crippen LogP contribution in [0.5, 0.6) is 0 Å². The molecule has 1 N–H and O–H groups in total. The second-order valence-electron chi connectivity index (χ2n) is 7.95. The molecule has 4 aromatic rings. The third kappa shape index (κ3) is 5.54. The van der Waals surface area contributed by atoms with Gasteiger partial charge in [0.1, 0.15) is 12.4 Å². The topological polar surface area (TPSA) is 67.2 Å². The summed E-state index contributed by atoms with van der Waals surface area (Å²) in [5.74, 6) is 0.753. The molecule has 0 unspecified atom stereocenters. The van der Waals surface area contributed by atoms with Crippen LogP contribution < -0.4 is 10.2 Å². The maximum Gasteiger partial charge on any atom is 0.251 e. The molecule has 0 fully saturated rings. The number of halogens is 1. The standard InChI is InChI=1S/C27H27BrN4O2/c1-2-31(22-12-4-3-5-13-22)26(33)19-32-24-15-7-6-14-23(24)30-25(32)16-9-17-29-27(34)20-10-8-11-21(28)18-20/h3-8,10-15,18H,2,9,16-17,19H2,1H3,(H,29,34). The zero-order chi connectivity index (χ0) is 23.9. The number of nitrogens with one attached hydrogen (secondary N) is 1. The van der Waals surface area contributed by atoms with Gasteiger partial charge >= 0.3 is 0 Å². The number of rotatable bonds is 9. The summed E-state index contributed by atoms with van der Waals surface area (Å²) < 4.78 is 2.87. The number of benzene rings is 3. The van der Waals surface area contributed by atoms with Crippen molar-refractivity contribution >= 4 is 44.5 Å². The monoisotopic (exact) mass is 518 g/mol. The van der Waals surface area contributed by atoms with Crippen molar-refractivity contribution in [1.82, 2.24) is 14.9 Å². The fraction of sp³-hybridized carbons (Fsp3) is 0.222. The predicted octanol–water partition coefficient (Wildman–Crippen LogP) is 5.21. The van der Waals surface area contributed by atoms with E-state index in [-0.39, 0.29) is 18.4 Å². The summed E-state index contributed by atoms with van der Waals surface area (Å²) in [4.78, 5) is 32.2. The molecule has 3 aromatic carbocycles. The highest BCUT2D eigenvalue weighted by molar-refractivity contribution is 9.10. The number of fused-ring (bicyclic) bond motifs is 1. The van der Waals surface area contributed by atoms with Gasteiger partial charge in [0.2, 0.25) is 5.91 Å². The fourth-order valence-electron chi connectivity index (χ4n) is 4.00. The number of aromatic nitrogens is 2. The number of anilines is 1. The second kappa shape index (κ2) is 11.1. The molecule has 0 aliphatic rings. The lowest BCUT2D eigenvalue weighted by molar-refractivity contribution is -0.119. The molecule has 4 rings (SSSR count). The van der Waals surface area contributed by atoms with Crippen molar-refractivity contribution < 1.29 is 9.59 Å². The number of hydrogen-bond acceptors (Lipinski definition) is 3. The van der Waals surface area contributed by atoms with Crippen LogP contribution in [0, 0.1) is 0 Å². The van der Waals surface area contributed by atoms with E-state index in [1.54, 1.807) is 17.0 Å². The second-order valence-corrected chi connectivity index (χ2v) is 8.86. The lowest BCUT2D eigenvalue weighted by Gasteiger charge is -2.22.